The van der Waals surface area contributed by atoms with E-state index < -0.39 is 5.91 Å². The molecule has 3 N–H and O–H groups in total. The molecule has 4 nitrogen and oxygen atoms in total. The maximum atomic E-state index is 13.6. The third kappa shape index (κ3) is 5.92. The second kappa shape index (κ2) is 9.61. The Bertz CT molecular complexity index is 751. The molecule has 0 aromatic heterocycles. The fourth-order valence-electron chi connectivity index (χ4n) is 2.28. The van der Waals surface area contributed by atoms with Gasteiger partial charge in [-0.15, -0.1) is 0 Å². The molecular formula is C21H28FN3O. The van der Waals surface area contributed by atoms with Gasteiger partial charge in [-0.3, -0.25) is 4.79 Å². The van der Waals surface area contributed by atoms with Crippen LogP contribution in [0.15, 0.2) is 83.2 Å². The van der Waals surface area contributed by atoms with Gasteiger partial charge in [-0.2, -0.15) is 0 Å². The van der Waals surface area contributed by atoms with Gasteiger partial charge in [0, 0.05) is 31.4 Å². The summed E-state index contributed by atoms with van der Waals surface area (Å²) < 4.78 is 13.6. The predicted molar refractivity (Wildman–Crippen MR) is 106 cm³/mol. The molecule has 1 aliphatic rings. The van der Waals surface area contributed by atoms with E-state index in [9.17, 15) is 9.18 Å². The smallest absolute Gasteiger partial charge is 0.265 e. The number of likely N-dealkylation sites (N-methyl/N-ethyl adjacent to an activating group) is 1. The molecule has 0 radical (unpaired) electrons. The van der Waals surface area contributed by atoms with Crippen LogP contribution < -0.4 is 11.1 Å². The lowest BCUT2D eigenvalue weighted by Gasteiger charge is -2.22. The highest BCUT2D eigenvalue weighted by Gasteiger charge is 2.13. The molecule has 0 aromatic rings. The first-order valence-corrected chi connectivity index (χ1v) is 8.39. The molecule has 0 heterocycles. The number of nitrogens with two attached hydrogens (primary N) is 1. The van der Waals surface area contributed by atoms with Gasteiger partial charge < -0.3 is 16.0 Å². The zero-order valence-corrected chi connectivity index (χ0v) is 16.0. The summed E-state index contributed by atoms with van der Waals surface area (Å²) >= 11 is 0. The van der Waals surface area contributed by atoms with Crippen LogP contribution in [0.4, 0.5) is 4.39 Å². The van der Waals surface area contributed by atoms with Crippen molar-refractivity contribution in [3.05, 3.63) is 83.2 Å². The lowest BCUT2D eigenvalue weighted by Crippen LogP contribution is -2.27. The summed E-state index contributed by atoms with van der Waals surface area (Å²) in [4.78, 5) is 13.5. The molecule has 0 spiro atoms. The van der Waals surface area contributed by atoms with Crippen LogP contribution in [0, 0.1) is 0 Å². The van der Waals surface area contributed by atoms with Gasteiger partial charge in [0.05, 0.1) is 0 Å². The summed E-state index contributed by atoms with van der Waals surface area (Å²) in [5, 5.41) is 3.15. The van der Waals surface area contributed by atoms with Crippen LogP contribution in [0.2, 0.25) is 0 Å². The Morgan fingerprint density at radius 3 is 2.69 bits per heavy atom. The summed E-state index contributed by atoms with van der Waals surface area (Å²) in [6.45, 7) is 13.9. The first kappa shape index (κ1) is 21.2. The van der Waals surface area contributed by atoms with Crippen LogP contribution in [0.1, 0.15) is 27.2 Å². The van der Waals surface area contributed by atoms with Gasteiger partial charge in [0.15, 0.2) is 0 Å². The highest BCUT2D eigenvalue weighted by Crippen LogP contribution is 2.19. The Balaban J connectivity index is 2.85. The number of nitrogens with one attached hydrogen (secondary N) is 1. The van der Waals surface area contributed by atoms with Crippen molar-refractivity contribution in [2.45, 2.75) is 27.2 Å². The first-order chi connectivity index (χ1) is 12.2. The minimum Gasteiger partial charge on any atom is -0.381 e. The van der Waals surface area contributed by atoms with E-state index >= 15 is 0 Å². The van der Waals surface area contributed by atoms with Gasteiger partial charge in [0.1, 0.15) is 11.5 Å². The molecule has 26 heavy (non-hydrogen) atoms. The predicted octanol–water partition coefficient (Wildman–Crippen LogP) is 4.00. The average Bonchev–Trinajstić information content (AvgIpc) is 2.76. The van der Waals surface area contributed by atoms with E-state index in [2.05, 4.69) is 18.5 Å². The van der Waals surface area contributed by atoms with E-state index in [1.165, 1.54) is 0 Å². The van der Waals surface area contributed by atoms with Gasteiger partial charge in [0.2, 0.25) is 0 Å². The highest BCUT2D eigenvalue weighted by atomic mass is 19.1. The normalized spacial score (nSPS) is 15.3. The van der Waals surface area contributed by atoms with Crippen molar-refractivity contribution in [2.75, 3.05) is 13.6 Å². The number of amides is 1. The Morgan fingerprint density at radius 2 is 2.12 bits per heavy atom. The van der Waals surface area contributed by atoms with Crippen LogP contribution in [-0.4, -0.2) is 24.4 Å². The fourth-order valence-corrected chi connectivity index (χ4v) is 2.28. The average molecular weight is 357 g/mol. The molecular weight excluding hydrogens is 329 g/mol. The molecule has 5 heteroatoms. The monoisotopic (exact) mass is 357 g/mol. The standard InChI is InChI=1S/C21H28FN3O/c1-7-16(4)25(6)20(21(23)26)12-14(2)17(5)24-13-18-9-8-10-19(22)15(3)11-18/h7-9,11-12,24H,2,5,10,13H2,1,3-4,6H3,(H2,23,26)/b16-7-,20-12-. The quantitative estimate of drug-likeness (QED) is 0.510. The molecule has 0 bridgehead atoms. The van der Waals surface area contributed by atoms with Gasteiger partial charge in [-0.05, 0) is 43.6 Å². The maximum absolute atomic E-state index is 13.6. The fraction of sp³-hybridized carbons (Fsp3) is 0.286. The summed E-state index contributed by atoms with van der Waals surface area (Å²) in [6, 6.07) is 0. The molecule has 0 saturated carbocycles. The Kier molecular flexibility index (Phi) is 7.84. The van der Waals surface area contributed by atoms with Crippen molar-refractivity contribution in [1.82, 2.24) is 10.2 Å². The largest absolute Gasteiger partial charge is 0.381 e. The molecule has 1 amide bonds. The third-order valence-corrected chi connectivity index (χ3v) is 4.22. The second-order valence-corrected chi connectivity index (χ2v) is 6.15. The van der Waals surface area contributed by atoms with Crippen molar-refractivity contribution in [3.63, 3.8) is 0 Å². The Hall–Kier alpha value is -2.82. The lowest BCUT2D eigenvalue weighted by atomic mass is 10.1. The van der Waals surface area contributed by atoms with E-state index in [-0.39, 0.29) is 5.83 Å². The number of halogens is 1. The van der Waals surface area contributed by atoms with Gasteiger partial charge >= 0.3 is 0 Å². The van der Waals surface area contributed by atoms with Crippen molar-refractivity contribution in [1.29, 1.82) is 0 Å². The SMILES string of the molecule is C=C(/C=C(/C(N)=O)N(C)/C(C)=C\C)C(=C)NCC1=CC(C)=C(F)CC=C1. The molecule has 1 rings (SSSR count). The number of carbonyl (C=O) groups excluding carboxylic acids is 1. The van der Waals surface area contributed by atoms with Crippen molar-refractivity contribution in [2.24, 2.45) is 5.73 Å². The van der Waals surface area contributed by atoms with Crippen LogP contribution in [-0.2, 0) is 4.79 Å². The number of hydrogen-bond acceptors (Lipinski definition) is 3. The van der Waals surface area contributed by atoms with Crippen LogP contribution in [0.5, 0.6) is 0 Å². The van der Waals surface area contributed by atoms with Crippen LogP contribution in [0.25, 0.3) is 0 Å². The lowest BCUT2D eigenvalue weighted by molar-refractivity contribution is -0.115. The number of hydrogen-bond donors (Lipinski definition) is 2. The second-order valence-electron chi connectivity index (χ2n) is 6.15. The molecule has 0 aliphatic heterocycles. The van der Waals surface area contributed by atoms with Gasteiger partial charge in [-0.1, -0.05) is 37.5 Å². The molecule has 140 valence electrons. The van der Waals surface area contributed by atoms with Crippen molar-refractivity contribution >= 4 is 5.91 Å². The molecule has 0 unspecified atom stereocenters. The highest BCUT2D eigenvalue weighted by molar-refractivity contribution is 5.92. The summed E-state index contributed by atoms with van der Waals surface area (Å²) in [6.07, 6.45) is 9.26. The summed E-state index contributed by atoms with van der Waals surface area (Å²) in [7, 11) is 1.76. The van der Waals surface area contributed by atoms with E-state index in [1.54, 1.807) is 37.1 Å². The molecule has 0 atom stereocenters. The van der Waals surface area contributed by atoms with E-state index in [0.29, 0.717) is 35.5 Å². The number of primary amides is 1. The minimum absolute atomic E-state index is 0.129. The number of allylic oxidation sites excluding steroid dienone is 7. The molecule has 1 aliphatic carbocycles. The Labute approximate surface area is 155 Å². The number of rotatable bonds is 8. The van der Waals surface area contributed by atoms with Gasteiger partial charge in [-0.25, -0.2) is 4.39 Å². The number of carbonyl (C=O) groups is 1. The first-order valence-electron chi connectivity index (χ1n) is 8.39. The van der Waals surface area contributed by atoms with Gasteiger partial charge in [0.25, 0.3) is 5.91 Å². The van der Waals surface area contributed by atoms with Crippen LogP contribution in [0.3, 0.4) is 0 Å². The van der Waals surface area contributed by atoms with E-state index in [1.807, 2.05) is 26.0 Å². The van der Waals surface area contributed by atoms with E-state index in [4.69, 9.17) is 5.73 Å². The summed E-state index contributed by atoms with van der Waals surface area (Å²) in [5.41, 5.74) is 9.37. The Morgan fingerprint density at radius 1 is 1.46 bits per heavy atom. The third-order valence-electron chi connectivity index (χ3n) is 4.22. The number of nitrogens with zero attached hydrogens (tertiary/aromatic N) is 1. The zero-order chi connectivity index (χ0) is 19.9. The molecule has 0 aromatic carbocycles. The maximum Gasteiger partial charge on any atom is 0.265 e. The van der Waals surface area contributed by atoms with Crippen molar-refractivity contribution in [3.8, 4) is 0 Å². The zero-order valence-electron chi connectivity index (χ0n) is 16.0. The topological polar surface area (TPSA) is 58.4 Å². The molecule has 0 fully saturated rings. The van der Waals surface area contributed by atoms with E-state index in [0.717, 1.165) is 11.3 Å². The van der Waals surface area contributed by atoms with Crippen molar-refractivity contribution < 1.29 is 9.18 Å². The minimum atomic E-state index is -0.548. The molecule has 0 saturated heterocycles. The summed E-state index contributed by atoms with van der Waals surface area (Å²) in [5.74, 6) is -0.677. The van der Waals surface area contributed by atoms with Crippen LogP contribution >= 0.6 is 0 Å².